The molecule has 3 N–H and O–H groups in total. The Morgan fingerprint density at radius 3 is 2.23 bits per heavy atom. The number of anilines is 1. The summed E-state index contributed by atoms with van der Waals surface area (Å²) in [6.07, 6.45) is 4.18. The van der Waals surface area contributed by atoms with E-state index >= 15 is 0 Å². The molecule has 0 spiro atoms. The van der Waals surface area contributed by atoms with Gasteiger partial charge in [-0.15, -0.1) is 0 Å². The van der Waals surface area contributed by atoms with Crippen molar-refractivity contribution >= 4 is 39.9 Å². The number of aromatic amines is 1. The lowest BCUT2D eigenvalue weighted by atomic mass is 10.1. The zero-order valence-corrected chi connectivity index (χ0v) is 20.0. The lowest BCUT2D eigenvalue weighted by Gasteiger charge is -2.01. The van der Waals surface area contributed by atoms with Crippen molar-refractivity contribution in [3.05, 3.63) is 69.2 Å². The van der Waals surface area contributed by atoms with Crippen LogP contribution in [0.1, 0.15) is 63.9 Å². The molecule has 0 atom stereocenters. The van der Waals surface area contributed by atoms with Gasteiger partial charge < -0.3 is 10.7 Å². The van der Waals surface area contributed by atoms with E-state index in [2.05, 4.69) is 30.4 Å². The minimum absolute atomic E-state index is 0.251. The maximum atomic E-state index is 13.9. The first-order chi connectivity index (χ1) is 14.3. The first-order valence-electron chi connectivity index (χ1n) is 10.3. The molecule has 1 aliphatic carbocycles. The number of hydrogen-bond acceptors (Lipinski definition) is 2. The Kier molecular flexibility index (Phi) is 10.9. The Hall–Kier alpha value is -2.04. The lowest BCUT2D eigenvalue weighted by Crippen LogP contribution is -1.95. The number of aryl methyl sites for hydroxylation is 1. The first-order valence-corrected chi connectivity index (χ1v) is 11.1. The highest BCUT2D eigenvalue weighted by molar-refractivity contribution is 6.42. The van der Waals surface area contributed by atoms with Crippen LogP contribution in [0.5, 0.6) is 0 Å². The predicted molar refractivity (Wildman–Crippen MR) is 130 cm³/mol. The molecule has 1 saturated carbocycles. The minimum atomic E-state index is -0.251. The van der Waals surface area contributed by atoms with Crippen molar-refractivity contribution < 1.29 is 4.39 Å². The summed E-state index contributed by atoms with van der Waals surface area (Å²) in [6, 6.07) is 6.78. The molecule has 0 amide bonds. The molecule has 0 bridgehead atoms. The molecule has 1 fully saturated rings. The quantitative estimate of drug-likeness (QED) is 0.304. The number of allylic oxidation sites excluding steroid dienone is 1. The van der Waals surface area contributed by atoms with Gasteiger partial charge in [0.05, 0.1) is 21.2 Å². The van der Waals surface area contributed by atoms with Gasteiger partial charge in [0.15, 0.2) is 0 Å². The summed E-state index contributed by atoms with van der Waals surface area (Å²) >= 11 is 12.1. The number of rotatable bonds is 2. The molecule has 164 valence electrons. The number of benzene rings is 2. The first kappa shape index (κ1) is 26.0. The maximum absolute atomic E-state index is 13.9. The second kappa shape index (κ2) is 12.6. The molecule has 0 saturated heterocycles. The van der Waals surface area contributed by atoms with Crippen LogP contribution in [0.4, 0.5) is 10.1 Å². The number of aromatic nitrogens is 2. The summed E-state index contributed by atoms with van der Waals surface area (Å²) in [5.74, 6) is 0.357. The number of nitrogens with one attached hydrogen (secondary N) is 1. The van der Waals surface area contributed by atoms with Crippen LogP contribution in [0.2, 0.25) is 10.0 Å². The summed E-state index contributed by atoms with van der Waals surface area (Å²) in [7, 11) is 0. The van der Waals surface area contributed by atoms with Crippen LogP contribution >= 0.6 is 23.2 Å². The topological polar surface area (TPSA) is 54.7 Å². The van der Waals surface area contributed by atoms with E-state index in [4.69, 9.17) is 28.9 Å². The standard InChI is InChI=1S/C15H12Cl2FN3.C4H6.C3H8.C2H6/c1-7-2-3-8(10(18)4-7)5-12-20-11-6-9(16)14(19)13(17)15(11)21-12;1-4-2-3-4;1-3-2;1-2/h2-4,6H,5,19H2,1H3,(H,20,21);1-3H2;3H2,1-2H3;1-2H3. The number of hydrogen-bond donors (Lipinski definition) is 2. The molecular formula is C24H32Cl2FN3. The number of nitrogens with zero attached hydrogens (tertiary/aromatic N) is 1. The van der Waals surface area contributed by atoms with E-state index in [-0.39, 0.29) is 5.82 Å². The van der Waals surface area contributed by atoms with Gasteiger partial charge in [-0.3, -0.25) is 0 Å². The molecule has 0 aliphatic heterocycles. The van der Waals surface area contributed by atoms with E-state index in [1.165, 1.54) is 30.9 Å². The number of nitrogens with two attached hydrogens (primary N) is 1. The van der Waals surface area contributed by atoms with Crippen LogP contribution in [-0.4, -0.2) is 9.97 Å². The van der Waals surface area contributed by atoms with Crippen molar-refractivity contribution in [2.75, 3.05) is 5.73 Å². The fourth-order valence-corrected chi connectivity index (χ4v) is 2.79. The van der Waals surface area contributed by atoms with E-state index in [0.717, 1.165) is 5.56 Å². The summed E-state index contributed by atoms with van der Waals surface area (Å²) in [6.45, 7) is 13.8. The van der Waals surface area contributed by atoms with Gasteiger partial charge in [-0.2, -0.15) is 0 Å². The third-order valence-electron chi connectivity index (χ3n) is 3.92. The molecule has 30 heavy (non-hydrogen) atoms. The van der Waals surface area contributed by atoms with E-state index in [0.29, 0.717) is 44.6 Å². The molecule has 1 aliphatic rings. The SMILES string of the molecule is C=C1CC1.CC.CCC.Cc1ccc(Cc2nc3c(Cl)c(N)c(Cl)cc3[nH]2)c(F)c1. The molecule has 6 heteroatoms. The van der Waals surface area contributed by atoms with Gasteiger partial charge >= 0.3 is 0 Å². The molecule has 2 aromatic carbocycles. The van der Waals surface area contributed by atoms with Crippen LogP contribution in [0.3, 0.4) is 0 Å². The van der Waals surface area contributed by atoms with E-state index in [1.807, 2.05) is 26.8 Å². The Labute approximate surface area is 189 Å². The third kappa shape index (κ3) is 7.66. The molecule has 0 unspecified atom stereocenters. The number of nitrogen functional groups attached to an aromatic ring is 1. The van der Waals surface area contributed by atoms with E-state index < -0.39 is 0 Å². The number of H-pyrrole nitrogens is 1. The van der Waals surface area contributed by atoms with Crippen molar-refractivity contribution in [3.63, 3.8) is 0 Å². The highest BCUT2D eigenvalue weighted by Gasteiger charge is 2.13. The van der Waals surface area contributed by atoms with E-state index in [1.54, 1.807) is 12.1 Å². The van der Waals surface area contributed by atoms with Crippen LogP contribution < -0.4 is 5.73 Å². The monoisotopic (exact) mass is 451 g/mol. The zero-order valence-electron chi connectivity index (χ0n) is 18.5. The molecular weight excluding hydrogens is 420 g/mol. The van der Waals surface area contributed by atoms with Gasteiger partial charge in [-0.1, -0.05) is 81.6 Å². The van der Waals surface area contributed by atoms with Gasteiger partial charge in [0.25, 0.3) is 0 Å². The maximum Gasteiger partial charge on any atom is 0.127 e. The predicted octanol–water partition coefficient (Wildman–Crippen LogP) is 8.27. The molecule has 0 radical (unpaired) electrons. The van der Waals surface area contributed by atoms with Crippen molar-refractivity contribution in [3.8, 4) is 0 Å². The zero-order chi connectivity index (χ0) is 22.8. The van der Waals surface area contributed by atoms with Crippen molar-refractivity contribution in [2.45, 2.75) is 60.3 Å². The minimum Gasteiger partial charge on any atom is -0.396 e. The van der Waals surface area contributed by atoms with Crippen molar-refractivity contribution in [1.29, 1.82) is 0 Å². The molecule has 1 heterocycles. The number of imidazole rings is 1. The highest BCUT2D eigenvalue weighted by Crippen LogP contribution is 2.34. The summed E-state index contributed by atoms with van der Waals surface area (Å²) in [5, 5.41) is 0.675. The van der Waals surface area contributed by atoms with Gasteiger partial charge in [0, 0.05) is 6.42 Å². The Bertz CT molecular complexity index is 974. The molecule has 1 aromatic heterocycles. The van der Waals surface area contributed by atoms with Gasteiger partial charge in [-0.25, -0.2) is 9.37 Å². The van der Waals surface area contributed by atoms with Crippen molar-refractivity contribution in [1.82, 2.24) is 9.97 Å². The molecule has 3 nitrogen and oxygen atoms in total. The van der Waals surface area contributed by atoms with Crippen LogP contribution in [0.25, 0.3) is 11.0 Å². The fourth-order valence-electron chi connectivity index (χ4n) is 2.29. The van der Waals surface area contributed by atoms with Gasteiger partial charge in [-0.05, 0) is 43.0 Å². The average molecular weight is 452 g/mol. The summed E-state index contributed by atoms with van der Waals surface area (Å²) in [5.41, 5.74) is 10.2. The van der Waals surface area contributed by atoms with Crippen LogP contribution in [0.15, 0.2) is 36.4 Å². The molecule has 4 rings (SSSR count). The third-order valence-corrected chi connectivity index (χ3v) is 4.62. The van der Waals surface area contributed by atoms with Gasteiger partial charge in [0.1, 0.15) is 17.2 Å². The molecule has 3 aromatic rings. The largest absolute Gasteiger partial charge is 0.396 e. The summed E-state index contributed by atoms with van der Waals surface area (Å²) in [4.78, 5) is 7.47. The second-order valence-electron chi connectivity index (χ2n) is 6.89. The lowest BCUT2D eigenvalue weighted by molar-refractivity contribution is 0.611. The Morgan fingerprint density at radius 2 is 1.73 bits per heavy atom. The number of fused-ring (bicyclic) bond motifs is 1. The number of halogens is 3. The van der Waals surface area contributed by atoms with Crippen LogP contribution in [-0.2, 0) is 6.42 Å². The highest BCUT2D eigenvalue weighted by atomic mass is 35.5. The van der Waals surface area contributed by atoms with Crippen LogP contribution in [0, 0.1) is 12.7 Å². The summed E-state index contributed by atoms with van der Waals surface area (Å²) < 4.78 is 13.9. The fraction of sp³-hybridized carbons (Fsp3) is 0.375. The smallest absolute Gasteiger partial charge is 0.127 e. The Morgan fingerprint density at radius 1 is 1.17 bits per heavy atom. The van der Waals surface area contributed by atoms with E-state index in [9.17, 15) is 4.39 Å². The van der Waals surface area contributed by atoms with Gasteiger partial charge in [0.2, 0.25) is 0 Å². The average Bonchev–Trinajstić information content (AvgIpc) is 3.39. The second-order valence-corrected chi connectivity index (χ2v) is 7.68. The normalized spacial score (nSPS) is 11.5. The van der Waals surface area contributed by atoms with Crippen molar-refractivity contribution in [2.24, 2.45) is 0 Å². The Balaban J connectivity index is 0.000000423.